The Kier molecular flexibility index (Phi) is 2.82. The lowest BCUT2D eigenvalue weighted by molar-refractivity contribution is 0.262. The maximum atomic E-state index is 11.6. The third-order valence-corrected chi connectivity index (χ3v) is 2.14. The molecule has 0 radical (unpaired) electrons. The van der Waals surface area contributed by atoms with E-state index in [1.807, 2.05) is 0 Å². The number of anilines is 2. The molecule has 2 heterocycles. The van der Waals surface area contributed by atoms with Crippen LogP contribution in [0.5, 0.6) is 0 Å². The lowest BCUT2D eigenvalue weighted by atomic mass is 10.3. The molecule has 2 N–H and O–H groups in total. The summed E-state index contributed by atoms with van der Waals surface area (Å²) in [7, 11) is 0. The highest BCUT2D eigenvalue weighted by Crippen LogP contribution is 2.18. The molecular weight excluding hydrogens is 224 g/mol. The van der Waals surface area contributed by atoms with E-state index in [2.05, 4.69) is 20.9 Å². The number of hydrogen-bond donors (Lipinski definition) is 2. The molecular formula is C10H12N4O3. The molecule has 0 saturated heterocycles. The van der Waals surface area contributed by atoms with Crippen molar-refractivity contribution in [1.82, 2.24) is 10.3 Å². The van der Waals surface area contributed by atoms with E-state index in [0.717, 1.165) is 0 Å². The van der Waals surface area contributed by atoms with Crippen molar-refractivity contribution in [3.63, 3.8) is 0 Å². The smallest absolute Gasteiger partial charge is 0.325 e. The fourth-order valence-corrected chi connectivity index (χ4v) is 1.35. The Morgan fingerprint density at radius 3 is 2.47 bits per heavy atom. The fraction of sp³-hybridized carbons (Fsp3) is 0.300. The molecule has 2 aromatic rings. The SMILES string of the molecule is Cc1cc(NC(=O)Nc2c(C)noc2C)no1. The Labute approximate surface area is 97.1 Å². The largest absolute Gasteiger partial charge is 0.360 e. The van der Waals surface area contributed by atoms with Crippen LogP contribution in [0.2, 0.25) is 0 Å². The van der Waals surface area contributed by atoms with Gasteiger partial charge in [-0.1, -0.05) is 10.3 Å². The number of carbonyl (C=O) groups excluding carboxylic acids is 1. The number of urea groups is 1. The standard InChI is InChI=1S/C10H12N4O3/c1-5-4-8(14-16-5)11-10(15)12-9-6(2)13-17-7(9)3/h4H,1-3H3,(H2,11,12,14,15). The zero-order valence-electron chi connectivity index (χ0n) is 9.70. The normalized spacial score (nSPS) is 10.3. The van der Waals surface area contributed by atoms with E-state index in [0.29, 0.717) is 28.7 Å². The van der Waals surface area contributed by atoms with Crippen LogP contribution in [0.4, 0.5) is 16.3 Å². The van der Waals surface area contributed by atoms with E-state index in [1.165, 1.54) is 0 Å². The first-order chi connectivity index (χ1) is 8.06. The second-order valence-electron chi connectivity index (χ2n) is 3.60. The lowest BCUT2D eigenvalue weighted by Gasteiger charge is -2.03. The monoisotopic (exact) mass is 236 g/mol. The number of aromatic nitrogens is 2. The molecule has 0 atom stereocenters. The van der Waals surface area contributed by atoms with E-state index in [-0.39, 0.29) is 0 Å². The van der Waals surface area contributed by atoms with E-state index < -0.39 is 6.03 Å². The van der Waals surface area contributed by atoms with Gasteiger partial charge in [-0.15, -0.1) is 0 Å². The number of aryl methyl sites for hydroxylation is 3. The molecule has 0 aliphatic carbocycles. The fourth-order valence-electron chi connectivity index (χ4n) is 1.35. The van der Waals surface area contributed by atoms with Gasteiger partial charge >= 0.3 is 6.03 Å². The van der Waals surface area contributed by atoms with E-state index in [4.69, 9.17) is 9.05 Å². The number of nitrogens with one attached hydrogen (secondary N) is 2. The summed E-state index contributed by atoms with van der Waals surface area (Å²) in [6, 6.07) is 1.19. The molecule has 90 valence electrons. The molecule has 0 aliphatic heterocycles. The van der Waals surface area contributed by atoms with Crippen LogP contribution in [-0.2, 0) is 0 Å². The molecule has 0 unspecified atom stereocenters. The number of carbonyl (C=O) groups is 1. The third kappa shape index (κ3) is 2.44. The van der Waals surface area contributed by atoms with Crippen LogP contribution in [-0.4, -0.2) is 16.3 Å². The maximum Gasteiger partial charge on any atom is 0.325 e. The first-order valence-corrected chi connectivity index (χ1v) is 5.00. The van der Waals surface area contributed by atoms with Crippen molar-refractivity contribution in [3.8, 4) is 0 Å². The first kappa shape index (κ1) is 11.2. The van der Waals surface area contributed by atoms with Gasteiger partial charge in [0.25, 0.3) is 0 Å². The van der Waals surface area contributed by atoms with Gasteiger partial charge in [0.15, 0.2) is 11.6 Å². The van der Waals surface area contributed by atoms with Gasteiger partial charge in [-0.25, -0.2) is 4.79 Å². The minimum atomic E-state index is -0.423. The molecule has 0 aliphatic rings. The number of amides is 2. The summed E-state index contributed by atoms with van der Waals surface area (Å²) in [5.41, 5.74) is 1.18. The second kappa shape index (κ2) is 4.28. The highest BCUT2D eigenvalue weighted by molar-refractivity contribution is 5.99. The predicted octanol–water partition coefficient (Wildman–Crippen LogP) is 2.23. The van der Waals surface area contributed by atoms with Crippen LogP contribution in [0, 0.1) is 20.8 Å². The number of hydrogen-bond acceptors (Lipinski definition) is 5. The molecule has 0 bridgehead atoms. The molecule has 0 saturated carbocycles. The zero-order chi connectivity index (χ0) is 12.4. The van der Waals surface area contributed by atoms with Crippen molar-refractivity contribution in [2.75, 3.05) is 10.6 Å². The highest BCUT2D eigenvalue weighted by Gasteiger charge is 2.13. The van der Waals surface area contributed by atoms with Crippen LogP contribution < -0.4 is 10.6 Å². The van der Waals surface area contributed by atoms with Crippen molar-refractivity contribution in [3.05, 3.63) is 23.3 Å². The Bertz CT molecular complexity index is 524. The second-order valence-corrected chi connectivity index (χ2v) is 3.60. The molecule has 7 nitrogen and oxygen atoms in total. The summed E-state index contributed by atoms with van der Waals surface area (Å²) >= 11 is 0. The van der Waals surface area contributed by atoms with Gasteiger partial charge in [0.05, 0.1) is 0 Å². The molecule has 0 fully saturated rings. The topological polar surface area (TPSA) is 93.2 Å². The highest BCUT2D eigenvalue weighted by atomic mass is 16.5. The van der Waals surface area contributed by atoms with E-state index >= 15 is 0 Å². The van der Waals surface area contributed by atoms with Crippen LogP contribution in [0.1, 0.15) is 17.2 Å². The van der Waals surface area contributed by atoms with E-state index in [1.54, 1.807) is 26.8 Å². The van der Waals surface area contributed by atoms with Gasteiger partial charge in [0.2, 0.25) is 0 Å². The van der Waals surface area contributed by atoms with Gasteiger partial charge < -0.3 is 14.4 Å². The molecule has 17 heavy (non-hydrogen) atoms. The summed E-state index contributed by atoms with van der Waals surface area (Å²) in [5.74, 6) is 1.53. The van der Waals surface area contributed by atoms with Crippen molar-refractivity contribution in [1.29, 1.82) is 0 Å². The predicted molar refractivity (Wildman–Crippen MR) is 59.9 cm³/mol. The van der Waals surface area contributed by atoms with Crippen molar-refractivity contribution in [2.45, 2.75) is 20.8 Å². The Hall–Kier alpha value is -2.31. The number of rotatable bonds is 2. The molecule has 2 rings (SSSR count). The summed E-state index contributed by atoms with van der Waals surface area (Å²) in [5, 5.41) is 12.5. The Morgan fingerprint density at radius 2 is 1.94 bits per heavy atom. The lowest BCUT2D eigenvalue weighted by Crippen LogP contribution is -2.20. The van der Waals surface area contributed by atoms with Gasteiger partial charge in [0.1, 0.15) is 17.1 Å². The minimum absolute atomic E-state index is 0.353. The Balaban J connectivity index is 2.03. The number of nitrogens with zero attached hydrogens (tertiary/aromatic N) is 2. The average Bonchev–Trinajstić information content (AvgIpc) is 2.79. The van der Waals surface area contributed by atoms with Gasteiger partial charge in [0, 0.05) is 6.07 Å². The summed E-state index contributed by atoms with van der Waals surface area (Å²) < 4.78 is 9.75. The van der Waals surface area contributed by atoms with Crippen LogP contribution >= 0.6 is 0 Å². The quantitative estimate of drug-likeness (QED) is 0.833. The van der Waals surface area contributed by atoms with Gasteiger partial charge in [-0.3, -0.25) is 5.32 Å². The minimum Gasteiger partial charge on any atom is -0.360 e. The molecule has 2 aromatic heterocycles. The molecule has 0 spiro atoms. The zero-order valence-corrected chi connectivity index (χ0v) is 9.70. The first-order valence-electron chi connectivity index (χ1n) is 5.00. The molecule has 2 amide bonds. The van der Waals surface area contributed by atoms with Gasteiger partial charge in [-0.2, -0.15) is 0 Å². The van der Waals surface area contributed by atoms with Crippen LogP contribution in [0.15, 0.2) is 15.1 Å². The summed E-state index contributed by atoms with van der Waals surface area (Å²) in [4.78, 5) is 11.6. The Morgan fingerprint density at radius 1 is 1.18 bits per heavy atom. The van der Waals surface area contributed by atoms with Crippen molar-refractivity contribution >= 4 is 17.5 Å². The van der Waals surface area contributed by atoms with E-state index in [9.17, 15) is 4.79 Å². The van der Waals surface area contributed by atoms with Crippen molar-refractivity contribution in [2.24, 2.45) is 0 Å². The van der Waals surface area contributed by atoms with Gasteiger partial charge in [-0.05, 0) is 20.8 Å². The molecule has 0 aromatic carbocycles. The van der Waals surface area contributed by atoms with Crippen molar-refractivity contribution < 1.29 is 13.8 Å². The van der Waals surface area contributed by atoms with Crippen LogP contribution in [0.25, 0.3) is 0 Å². The third-order valence-electron chi connectivity index (χ3n) is 2.14. The maximum absolute atomic E-state index is 11.6. The van der Waals surface area contributed by atoms with Crippen LogP contribution in [0.3, 0.4) is 0 Å². The summed E-state index contributed by atoms with van der Waals surface area (Å²) in [6.07, 6.45) is 0. The average molecular weight is 236 g/mol. The summed E-state index contributed by atoms with van der Waals surface area (Å²) in [6.45, 7) is 5.20. The molecule has 7 heteroatoms.